The Balaban J connectivity index is 2.27. The van der Waals surface area contributed by atoms with Gasteiger partial charge in [0.15, 0.2) is 5.78 Å². The van der Waals surface area contributed by atoms with Gasteiger partial charge in [0, 0.05) is 12.0 Å². The number of Topliss-reactive ketones (excluding diaryl/α,β-unsaturated/α-hetero) is 1. The summed E-state index contributed by atoms with van der Waals surface area (Å²) in [5.41, 5.74) is 1.57. The first-order valence-corrected chi connectivity index (χ1v) is 7.57. The van der Waals surface area contributed by atoms with Crippen molar-refractivity contribution in [1.82, 2.24) is 4.98 Å². The van der Waals surface area contributed by atoms with Crippen LogP contribution in [0.4, 0.5) is 4.39 Å². The van der Waals surface area contributed by atoms with E-state index in [1.54, 1.807) is 19.9 Å². The SMILES string of the molecule is CCOC(=O)CCC(=O)c1nc(-c2cc(F)ccc2C)ccc1O. The third kappa shape index (κ3) is 4.16. The molecule has 0 aliphatic carbocycles. The van der Waals surface area contributed by atoms with Crippen LogP contribution in [0.2, 0.25) is 0 Å². The number of ketones is 1. The van der Waals surface area contributed by atoms with Crippen molar-refractivity contribution >= 4 is 11.8 Å². The Morgan fingerprint density at radius 3 is 2.67 bits per heavy atom. The summed E-state index contributed by atoms with van der Waals surface area (Å²) < 4.78 is 18.2. The molecule has 2 aromatic rings. The number of aromatic nitrogens is 1. The van der Waals surface area contributed by atoms with Gasteiger partial charge < -0.3 is 9.84 Å². The number of benzene rings is 1. The lowest BCUT2D eigenvalue weighted by molar-refractivity contribution is -0.143. The van der Waals surface area contributed by atoms with Crippen molar-refractivity contribution in [2.24, 2.45) is 0 Å². The minimum absolute atomic E-state index is 0.0863. The Morgan fingerprint density at radius 1 is 1.21 bits per heavy atom. The molecule has 5 nitrogen and oxygen atoms in total. The average Bonchev–Trinajstić information content (AvgIpc) is 2.56. The topological polar surface area (TPSA) is 76.5 Å². The maximum absolute atomic E-state index is 13.5. The van der Waals surface area contributed by atoms with Crippen LogP contribution in [0.3, 0.4) is 0 Å². The average molecular weight is 331 g/mol. The van der Waals surface area contributed by atoms with Crippen LogP contribution in [-0.2, 0) is 9.53 Å². The molecule has 0 unspecified atom stereocenters. The second-order valence-corrected chi connectivity index (χ2v) is 5.25. The molecule has 1 aromatic carbocycles. The van der Waals surface area contributed by atoms with Gasteiger partial charge in [-0.15, -0.1) is 0 Å². The molecule has 1 aromatic heterocycles. The number of rotatable bonds is 6. The number of hydrogen-bond acceptors (Lipinski definition) is 5. The van der Waals surface area contributed by atoms with Gasteiger partial charge in [-0.3, -0.25) is 9.59 Å². The molecule has 2 rings (SSSR count). The quantitative estimate of drug-likeness (QED) is 0.648. The summed E-state index contributed by atoms with van der Waals surface area (Å²) in [7, 11) is 0. The fourth-order valence-electron chi connectivity index (χ4n) is 2.24. The smallest absolute Gasteiger partial charge is 0.306 e. The van der Waals surface area contributed by atoms with E-state index < -0.39 is 17.6 Å². The van der Waals surface area contributed by atoms with E-state index >= 15 is 0 Å². The molecule has 1 N–H and O–H groups in total. The van der Waals surface area contributed by atoms with Crippen molar-refractivity contribution in [2.75, 3.05) is 6.61 Å². The lowest BCUT2D eigenvalue weighted by Crippen LogP contribution is -2.09. The van der Waals surface area contributed by atoms with Gasteiger partial charge in [0.1, 0.15) is 17.3 Å². The molecular weight excluding hydrogens is 313 g/mol. The maximum atomic E-state index is 13.5. The maximum Gasteiger partial charge on any atom is 0.306 e. The fourth-order valence-corrected chi connectivity index (χ4v) is 2.24. The third-order valence-electron chi connectivity index (χ3n) is 3.48. The fraction of sp³-hybridized carbons (Fsp3) is 0.278. The van der Waals surface area contributed by atoms with Crippen molar-refractivity contribution in [2.45, 2.75) is 26.7 Å². The minimum atomic E-state index is -0.484. The van der Waals surface area contributed by atoms with Crippen LogP contribution in [0.1, 0.15) is 35.8 Å². The van der Waals surface area contributed by atoms with Gasteiger partial charge in [0.2, 0.25) is 0 Å². The van der Waals surface area contributed by atoms with E-state index in [9.17, 15) is 19.1 Å². The van der Waals surface area contributed by atoms with E-state index in [2.05, 4.69) is 4.98 Å². The van der Waals surface area contributed by atoms with E-state index in [0.717, 1.165) is 5.56 Å². The van der Waals surface area contributed by atoms with E-state index in [1.165, 1.54) is 24.3 Å². The number of aromatic hydroxyl groups is 1. The van der Waals surface area contributed by atoms with Gasteiger partial charge in [-0.2, -0.15) is 0 Å². The number of aryl methyl sites for hydroxylation is 1. The number of ether oxygens (including phenoxy) is 1. The monoisotopic (exact) mass is 331 g/mol. The summed E-state index contributed by atoms with van der Waals surface area (Å²) in [4.78, 5) is 27.7. The molecule has 0 saturated heterocycles. The molecule has 0 saturated carbocycles. The molecule has 0 bridgehead atoms. The zero-order valence-electron chi connectivity index (χ0n) is 13.5. The Morgan fingerprint density at radius 2 is 1.96 bits per heavy atom. The highest BCUT2D eigenvalue weighted by atomic mass is 19.1. The van der Waals surface area contributed by atoms with Gasteiger partial charge in [-0.25, -0.2) is 9.37 Å². The van der Waals surface area contributed by atoms with E-state index in [0.29, 0.717) is 11.3 Å². The van der Waals surface area contributed by atoms with Crippen LogP contribution in [0.25, 0.3) is 11.3 Å². The highest BCUT2D eigenvalue weighted by Gasteiger charge is 2.17. The summed E-state index contributed by atoms with van der Waals surface area (Å²) in [5.74, 6) is -1.65. The molecule has 0 radical (unpaired) electrons. The van der Waals surface area contributed by atoms with Gasteiger partial charge in [-0.1, -0.05) is 6.07 Å². The van der Waals surface area contributed by atoms with Crippen LogP contribution in [-0.4, -0.2) is 28.4 Å². The van der Waals surface area contributed by atoms with Crippen molar-refractivity contribution in [3.8, 4) is 17.0 Å². The number of pyridine rings is 1. The number of hydrogen-bond donors (Lipinski definition) is 1. The van der Waals surface area contributed by atoms with Gasteiger partial charge in [0.25, 0.3) is 0 Å². The van der Waals surface area contributed by atoms with Crippen LogP contribution in [0, 0.1) is 12.7 Å². The normalized spacial score (nSPS) is 10.5. The molecule has 0 fully saturated rings. The summed E-state index contributed by atoms with van der Waals surface area (Å²) >= 11 is 0. The summed E-state index contributed by atoms with van der Waals surface area (Å²) in [6.07, 6.45) is -0.206. The van der Waals surface area contributed by atoms with Gasteiger partial charge in [-0.05, 0) is 43.7 Å². The van der Waals surface area contributed by atoms with E-state index in [1.807, 2.05) is 0 Å². The zero-order chi connectivity index (χ0) is 17.7. The minimum Gasteiger partial charge on any atom is -0.506 e. The first-order valence-electron chi connectivity index (χ1n) is 7.57. The Hall–Kier alpha value is -2.76. The molecule has 0 spiro atoms. The van der Waals surface area contributed by atoms with Crippen LogP contribution in [0.5, 0.6) is 5.75 Å². The van der Waals surface area contributed by atoms with E-state index in [-0.39, 0.29) is 30.9 Å². The third-order valence-corrected chi connectivity index (χ3v) is 3.48. The van der Waals surface area contributed by atoms with Crippen molar-refractivity contribution in [3.05, 3.63) is 47.4 Å². The second-order valence-electron chi connectivity index (χ2n) is 5.25. The largest absolute Gasteiger partial charge is 0.506 e. The van der Waals surface area contributed by atoms with Crippen molar-refractivity contribution in [3.63, 3.8) is 0 Å². The summed E-state index contributed by atoms with van der Waals surface area (Å²) in [6, 6.07) is 7.12. The first kappa shape index (κ1) is 17.6. The Bertz CT molecular complexity index is 774. The molecule has 6 heteroatoms. The van der Waals surface area contributed by atoms with Gasteiger partial charge in [0.05, 0.1) is 18.7 Å². The first-order chi connectivity index (χ1) is 11.4. The number of carbonyl (C=O) groups is 2. The molecule has 0 amide bonds. The van der Waals surface area contributed by atoms with Crippen LogP contribution >= 0.6 is 0 Å². The van der Waals surface area contributed by atoms with Gasteiger partial charge >= 0.3 is 5.97 Å². The molecule has 0 aliphatic rings. The Labute approximate surface area is 139 Å². The number of carbonyl (C=O) groups excluding carboxylic acids is 2. The lowest BCUT2D eigenvalue weighted by Gasteiger charge is -2.09. The highest BCUT2D eigenvalue weighted by molar-refractivity contribution is 5.98. The lowest BCUT2D eigenvalue weighted by atomic mass is 10.0. The molecular formula is C18H18FNO4. The van der Waals surface area contributed by atoms with Crippen LogP contribution in [0.15, 0.2) is 30.3 Å². The zero-order valence-corrected chi connectivity index (χ0v) is 13.5. The Kier molecular flexibility index (Phi) is 5.63. The van der Waals surface area contributed by atoms with Crippen LogP contribution < -0.4 is 0 Å². The predicted octanol–water partition coefficient (Wildman–Crippen LogP) is 3.43. The second kappa shape index (κ2) is 7.68. The summed E-state index contributed by atoms with van der Waals surface area (Å²) in [5, 5.41) is 9.87. The van der Waals surface area contributed by atoms with E-state index in [4.69, 9.17) is 4.74 Å². The molecule has 1 heterocycles. The molecule has 24 heavy (non-hydrogen) atoms. The van der Waals surface area contributed by atoms with Crippen molar-refractivity contribution < 1.29 is 23.8 Å². The predicted molar refractivity (Wildman–Crippen MR) is 86.2 cm³/mol. The molecule has 0 atom stereocenters. The number of halogens is 1. The number of esters is 1. The highest BCUT2D eigenvalue weighted by Crippen LogP contribution is 2.26. The summed E-state index contributed by atoms with van der Waals surface area (Å²) in [6.45, 7) is 3.72. The molecule has 0 aliphatic heterocycles. The van der Waals surface area contributed by atoms with Crippen molar-refractivity contribution in [1.29, 1.82) is 0 Å². The molecule has 126 valence electrons. The number of nitrogens with zero attached hydrogens (tertiary/aromatic N) is 1. The standard InChI is InChI=1S/C18H18FNO4/c1-3-24-17(23)9-8-16(22)18-15(21)7-6-14(20-18)13-10-12(19)5-4-11(13)2/h4-7,10,21H,3,8-9H2,1-2H3.